The van der Waals surface area contributed by atoms with Gasteiger partial charge in [-0.1, -0.05) is 109 Å². The van der Waals surface area contributed by atoms with Gasteiger partial charge in [0.2, 0.25) is 0 Å². The Balaban J connectivity index is 1.14. The molecule has 0 fully saturated rings. The fourth-order valence-electron chi connectivity index (χ4n) is 5.94. The molecule has 0 aliphatic heterocycles. The van der Waals surface area contributed by atoms with Gasteiger partial charge < -0.3 is 4.42 Å². The maximum atomic E-state index is 6.16. The second-order valence-corrected chi connectivity index (χ2v) is 12.0. The molecule has 0 aliphatic carbocycles. The molecule has 3 heterocycles. The average molecular weight is 582 g/mol. The molecule has 0 saturated carbocycles. The van der Waals surface area contributed by atoms with Crippen LogP contribution in [0.4, 0.5) is 0 Å². The van der Waals surface area contributed by atoms with E-state index in [4.69, 9.17) is 19.4 Å². The lowest BCUT2D eigenvalue weighted by Gasteiger charge is -2.08. The molecule has 0 amide bonds. The summed E-state index contributed by atoms with van der Waals surface area (Å²) < 4.78 is 8.60. The van der Waals surface area contributed by atoms with Crippen molar-refractivity contribution in [2.75, 3.05) is 0 Å². The van der Waals surface area contributed by atoms with Crippen LogP contribution in [-0.4, -0.2) is 15.0 Å². The van der Waals surface area contributed by atoms with Crippen LogP contribution in [0.1, 0.15) is 0 Å². The normalized spacial score (nSPS) is 11.6. The zero-order chi connectivity index (χ0) is 29.0. The molecule has 0 radical (unpaired) electrons. The summed E-state index contributed by atoms with van der Waals surface area (Å²) in [7, 11) is 0. The number of fused-ring (bicyclic) bond motifs is 6. The lowest BCUT2D eigenvalue weighted by molar-refractivity contribution is 0.669. The van der Waals surface area contributed by atoms with Gasteiger partial charge in [-0.3, -0.25) is 0 Å². The molecule has 0 unspecified atom stereocenters. The Labute approximate surface area is 256 Å². The topological polar surface area (TPSA) is 51.8 Å². The van der Waals surface area contributed by atoms with Crippen molar-refractivity contribution in [2.45, 2.75) is 0 Å². The Kier molecular flexibility index (Phi) is 5.64. The Morgan fingerprint density at radius 3 is 1.50 bits per heavy atom. The fourth-order valence-corrected chi connectivity index (χ4v) is 7.12. The number of thiophene rings is 1. The highest BCUT2D eigenvalue weighted by molar-refractivity contribution is 7.25. The summed E-state index contributed by atoms with van der Waals surface area (Å²) in [6.45, 7) is 0. The lowest BCUT2D eigenvalue weighted by Crippen LogP contribution is -1.99. The van der Waals surface area contributed by atoms with Gasteiger partial charge in [-0.25, -0.2) is 15.0 Å². The van der Waals surface area contributed by atoms with Crippen LogP contribution in [0, 0.1) is 0 Å². The molecule has 0 aliphatic rings. The van der Waals surface area contributed by atoms with Gasteiger partial charge in [0.1, 0.15) is 11.2 Å². The summed E-state index contributed by atoms with van der Waals surface area (Å²) in [5.41, 5.74) is 7.03. The van der Waals surface area contributed by atoms with Crippen LogP contribution in [-0.2, 0) is 0 Å². The van der Waals surface area contributed by atoms with Crippen molar-refractivity contribution in [3.8, 4) is 45.3 Å². The van der Waals surface area contributed by atoms with E-state index in [0.717, 1.165) is 44.2 Å². The van der Waals surface area contributed by atoms with Crippen molar-refractivity contribution >= 4 is 53.4 Å². The average Bonchev–Trinajstić information content (AvgIpc) is 3.65. The SMILES string of the molecule is c1ccc(-c2nc(-c3ccccc3)nc(-c3ccc4c(c3)sc3cc(-c5ccc6c(c5)oc5ccccc56)ccc34)n2)cc1. The predicted octanol–water partition coefficient (Wildman–Crippen LogP) is 10.8. The summed E-state index contributed by atoms with van der Waals surface area (Å²) in [4.78, 5) is 14.7. The van der Waals surface area contributed by atoms with E-state index in [0.29, 0.717) is 17.5 Å². The second-order valence-electron chi connectivity index (χ2n) is 10.9. The number of para-hydroxylation sites is 1. The van der Waals surface area contributed by atoms with Crippen LogP contribution in [0.3, 0.4) is 0 Å². The Morgan fingerprint density at radius 1 is 0.364 bits per heavy atom. The van der Waals surface area contributed by atoms with Crippen molar-refractivity contribution < 1.29 is 4.42 Å². The van der Waals surface area contributed by atoms with Crippen molar-refractivity contribution in [2.24, 2.45) is 0 Å². The molecular formula is C39H23N3OS. The molecule has 0 N–H and O–H groups in total. The minimum atomic E-state index is 0.664. The smallest absolute Gasteiger partial charge is 0.164 e. The van der Waals surface area contributed by atoms with Crippen molar-refractivity contribution in [3.63, 3.8) is 0 Å². The van der Waals surface area contributed by atoms with E-state index in [1.165, 1.54) is 25.7 Å². The first-order valence-electron chi connectivity index (χ1n) is 14.5. The first-order chi connectivity index (χ1) is 21.8. The van der Waals surface area contributed by atoms with Crippen LogP contribution in [0.2, 0.25) is 0 Å². The standard InChI is InChI=1S/C39H23N3OS/c1-3-9-24(10-4-1)37-40-38(25-11-5-2-6-12-25)42-39(41-37)28-17-20-32-31-19-16-27(22-35(31)44-36(32)23-28)26-15-18-30-29-13-7-8-14-33(29)43-34(30)21-26/h1-23H. The first-order valence-corrected chi connectivity index (χ1v) is 15.3. The Morgan fingerprint density at radius 2 is 0.841 bits per heavy atom. The quantitative estimate of drug-likeness (QED) is 0.207. The zero-order valence-corrected chi connectivity index (χ0v) is 24.3. The molecule has 206 valence electrons. The van der Waals surface area contributed by atoms with E-state index < -0.39 is 0 Å². The zero-order valence-electron chi connectivity index (χ0n) is 23.4. The minimum absolute atomic E-state index is 0.664. The highest BCUT2D eigenvalue weighted by Crippen LogP contribution is 2.39. The van der Waals surface area contributed by atoms with Gasteiger partial charge in [0.25, 0.3) is 0 Å². The first kappa shape index (κ1) is 24.9. The maximum absolute atomic E-state index is 6.16. The molecule has 9 aromatic rings. The lowest BCUT2D eigenvalue weighted by atomic mass is 10.0. The summed E-state index contributed by atoms with van der Waals surface area (Å²) in [6, 6.07) is 48.1. The number of hydrogen-bond donors (Lipinski definition) is 0. The predicted molar refractivity (Wildman–Crippen MR) is 182 cm³/mol. The number of nitrogens with zero attached hydrogens (tertiary/aromatic N) is 3. The number of hydrogen-bond acceptors (Lipinski definition) is 5. The second kappa shape index (κ2) is 9.97. The summed E-state index contributed by atoms with van der Waals surface area (Å²) in [6.07, 6.45) is 0. The minimum Gasteiger partial charge on any atom is -0.456 e. The maximum Gasteiger partial charge on any atom is 0.164 e. The molecular weight excluding hydrogens is 559 g/mol. The van der Waals surface area contributed by atoms with Gasteiger partial charge in [-0.15, -0.1) is 11.3 Å². The van der Waals surface area contributed by atoms with Gasteiger partial charge in [-0.2, -0.15) is 0 Å². The van der Waals surface area contributed by atoms with E-state index in [9.17, 15) is 0 Å². The van der Waals surface area contributed by atoms with E-state index in [2.05, 4.69) is 66.7 Å². The number of aromatic nitrogens is 3. The molecule has 9 rings (SSSR count). The van der Waals surface area contributed by atoms with Gasteiger partial charge >= 0.3 is 0 Å². The summed E-state index contributed by atoms with van der Waals surface area (Å²) >= 11 is 1.79. The molecule has 44 heavy (non-hydrogen) atoms. The molecule has 6 aromatic carbocycles. The van der Waals surface area contributed by atoms with Crippen LogP contribution >= 0.6 is 11.3 Å². The van der Waals surface area contributed by atoms with E-state index in [1.54, 1.807) is 11.3 Å². The van der Waals surface area contributed by atoms with E-state index in [-0.39, 0.29) is 0 Å². The Bertz CT molecular complexity index is 2440. The third-order valence-electron chi connectivity index (χ3n) is 8.14. The number of benzene rings is 6. The number of rotatable bonds is 4. The van der Waals surface area contributed by atoms with Gasteiger partial charge in [0.15, 0.2) is 17.5 Å². The van der Waals surface area contributed by atoms with Gasteiger partial charge in [0, 0.05) is 47.6 Å². The van der Waals surface area contributed by atoms with Crippen molar-refractivity contribution in [1.29, 1.82) is 0 Å². The molecule has 0 bridgehead atoms. The van der Waals surface area contributed by atoms with Crippen LogP contribution in [0.25, 0.3) is 87.4 Å². The third kappa shape index (κ3) is 4.17. The largest absolute Gasteiger partial charge is 0.456 e. The monoisotopic (exact) mass is 581 g/mol. The van der Waals surface area contributed by atoms with E-state index in [1.807, 2.05) is 72.8 Å². The fraction of sp³-hybridized carbons (Fsp3) is 0. The summed E-state index contributed by atoms with van der Waals surface area (Å²) in [5, 5.41) is 4.77. The highest BCUT2D eigenvalue weighted by Gasteiger charge is 2.15. The molecule has 3 aromatic heterocycles. The molecule has 5 heteroatoms. The molecule has 0 spiro atoms. The molecule has 0 atom stereocenters. The third-order valence-corrected chi connectivity index (χ3v) is 9.26. The highest BCUT2D eigenvalue weighted by atomic mass is 32.1. The van der Waals surface area contributed by atoms with Crippen LogP contribution < -0.4 is 0 Å². The molecule has 0 saturated heterocycles. The van der Waals surface area contributed by atoms with Gasteiger partial charge in [-0.05, 0) is 41.5 Å². The number of furan rings is 1. The van der Waals surface area contributed by atoms with Crippen molar-refractivity contribution in [3.05, 3.63) is 140 Å². The van der Waals surface area contributed by atoms with Crippen LogP contribution in [0.5, 0.6) is 0 Å². The molecule has 4 nitrogen and oxygen atoms in total. The Hall–Kier alpha value is -5.65. The summed E-state index contributed by atoms with van der Waals surface area (Å²) in [5.74, 6) is 1.99. The van der Waals surface area contributed by atoms with E-state index >= 15 is 0 Å². The van der Waals surface area contributed by atoms with Crippen LogP contribution in [0.15, 0.2) is 144 Å². The van der Waals surface area contributed by atoms with Crippen molar-refractivity contribution in [1.82, 2.24) is 15.0 Å². The van der Waals surface area contributed by atoms with Gasteiger partial charge in [0.05, 0.1) is 0 Å².